The van der Waals surface area contributed by atoms with Gasteiger partial charge in [-0.05, 0) is 12.5 Å². The SMILES string of the molecule is CCC(CCl)(CCl)NC(=O)c1cc(F)c(F)cc1[N+](=O)[O-]. The number of benzene rings is 1. The van der Waals surface area contributed by atoms with Crippen molar-refractivity contribution in [1.29, 1.82) is 0 Å². The maximum atomic E-state index is 13.2. The number of amides is 1. The smallest absolute Gasteiger partial charge is 0.285 e. The fraction of sp³-hybridized carbons (Fsp3) is 0.417. The molecule has 0 heterocycles. The molecule has 9 heteroatoms. The Morgan fingerprint density at radius 3 is 2.29 bits per heavy atom. The summed E-state index contributed by atoms with van der Waals surface area (Å²) >= 11 is 11.5. The summed E-state index contributed by atoms with van der Waals surface area (Å²) in [5, 5.41) is 13.3. The zero-order chi connectivity index (χ0) is 16.2. The molecule has 116 valence electrons. The Kier molecular flexibility index (Phi) is 5.86. The minimum Gasteiger partial charge on any atom is -0.344 e. The summed E-state index contributed by atoms with van der Waals surface area (Å²) in [6.45, 7) is 1.71. The molecule has 0 bridgehead atoms. The van der Waals surface area contributed by atoms with E-state index in [1.54, 1.807) is 6.92 Å². The number of nitro groups is 1. The van der Waals surface area contributed by atoms with Gasteiger partial charge in [0.2, 0.25) is 0 Å². The highest BCUT2D eigenvalue weighted by atomic mass is 35.5. The lowest BCUT2D eigenvalue weighted by molar-refractivity contribution is -0.385. The minimum atomic E-state index is -1.41. The van der Waals surface area contributed by atoms with Crippen molar-refractivity contribution in [3.63, 3.8) is 0 Å². The van der Waals surface area contributed by atoms with Crippen LogP contribution in [0.2, 0.25) is 0 Å². The van der Waals surface area contributed by atoms with E-state index in [-0.39, 0.29) is 11.8 Å². The fourth-order valence-corrected chi connectivity index (χ4v) is 2.35. The lowest BCUT2D eigenvalue weighted by atomic mass is 10.00. The second-order valence-corrected chi connectivity index (χ2v) is 4.93. The topological polar surface area (TPSA) is 72.2 Å². The standard InChI is InChI=1S/C12H12Cl2F2N2O3/c1-2-12(5-13,6-14)17-11(19)7-3-8(15)9(16)4-10(7)18(20)21/h3-4H,2,5-6H2,1H3,(H,17,19). The van der Waals surface area contributed by atoms with Crippen LogP contribution in [0.3, 0.4) is 0 Å². The van der Waals surface area contributed by atoms with E-state index in [1.807, 2.05) is 0 Å². The Bertz CT molecular complexity index is 557. The Morgan fingerprint density at radius 2 is 1.86 bits per heavy atom. The Morgan fingerprint density at radius 1 is 1.33 bits per heavy atom. The highest BCUT2D eigenvalue weighted by Crippen LogP contribution is 2.24. The highest BCUT2D eigenvalue weighted by molar-refractivity contribution is 6.22. The molecule has 0 aliphatic rings. The Hall–Kier alpha value is -1.47. The molecule has 1 rings (SSSR count). The van der Waals surface area contributed by atoms with Gasteiger partial charge in [0.1, 0.15) is 5.56 Å². The van der Waals surface area contributed by atoms with Crippen LogP contribution in [-0.2, 0) is 0 Å². The summed E-state index contributed by atoms with van der Waals surface area (Å²) in [7, 11) is 0. The molecule has 0 fully saturated rings. The van der Waals surface area contributed by atoms with Crippen molar-refractivity contribution in [2.45, 2.75) is 18.9 Å². The molecule has 0 radical (unpaired) electrons. The molecule has 0 saturated heterocycles. The number of alkyl halides is 2. The van der Waals surface area contributed by atoms with Crippen LogP contribution in [0.5, 0.6) is 0 Å². The summed E-state index contributed by atoms with van der Waals surface area (Å²) in [4.78, 5) is 22.0. The third-order valence-corrected chi connectivity index (χ3v) is 4.07. The van der Waals surface area contributed by atoms with Gasteiger partial charge in [0.25, 0.3) is 11.6 Å². The van der Waals surface area contributed by atoms with E-state index in [1.165, 1.54) is 0 Å². The van der Waals surface area contributed by atoms with E-state index in [0.717, 1.165) is 0 Å². The van der Waals surface area contributed by atoms with Crippen molar-refractivity contribution in [1.82, 2.24) is 5.32 Å². The number of nitro benzene ring substituents is 1. The van der Waals surface area contributed by atoms with Crippen LogP contribution < -0.4 is 5.32 Å². The molecular formula is C12H12Cl2F2N2O3. The lowest BCUT2D eigenvalue weighted by Gasteiger charge is -2.29. The molecule has 0 saturated carbocycles. The number of nitrogens with one attached hydrogen (secondary N) is 1. The van der Waals surface area contributed by atoms with Gasteiger partial charge in [-0.25, -0.2) is 8.78 Å². The Balaban J connectivity index is 3.24. The van der Waals surface area contributed by atoms with Gasteiger partial charge in [-0.2, -0.15) is 0 Å². The van der Waals surface area contributed by atoms with Gasteiger partial charge in [-0.1, -0.05) is 6.92 Å². The largest absolute Gasteiger partial charge is 0.344 e. The van der Waals surface area contributed by atoms with Crippen molar-refractivity contribution < 1.29 is 18.5 Å². The number of carbonyl (C=O) groups is 1. The van der Waals surface area contributed by atoms with Gasteiger partial charge in [0.15, 0.2) is 11.6 Å². The first-order valence-electron chi connectivity index (χ1n) is 5.88. The maximum absolute atomic E-state index is 13.2. The van der Waals surface area contributed by atoms with Crippen molar-refractivity contribution in [2.24, 2.45) is 0 Å². The van der Waals surface area contributed by atoms with E-state index in [9.17, 15) is 23.7 Å². The van der Waals surface area contributed by atoms with E-state index < -0.39 is 39.3 Å². The zero-order valence-electron chi connectivity index (χ0n) is 11.0. The third-order valence-electron chi connectivity index (χ3n) is 3.05. The van der Waals surface area contributed by atoms with Crippen molar-refractivity contribution in [3.8, 4) is 0 Å². The van der Waals surface area contributed by atoms with E-state index in [4.69, 9.17) is 23.2 Å². The van der Waals surface area contributed by atoms with Crippen LogP contribution in [0.1, 0.15) is 23.7 Å². The monoisotopic (exact) mass is 340 g/mol. The van der Waals surface area contributed by atoms with Crippen molar-refractivity contribution in [2.75, 3.05) is 11.8 Å². The van der Waals surface area contributed by atoms with Crippen LogP contribution in [-0.4, -0.2) is 28.1 Å². The van der Waals surface area contributed by atoms with Crippen LogP contribution in [0.15, 0.2) is 12.1 Å². The summed E-state index contributed by atoms with van der Waals surface area (Å²) in [5.74, 6) is -3.77. The first-order chi connectivity index (χ1) is 9.80. The molecule has 0 aliphatic heterocycles. The number of carbonyl (C=O) groups excluding carboxylic acids is 1. The van der Waals surface area contributed by atoms with E-state index in [2.05, 4.69) is 5.32 Å². The summed E-state index contributed by atoms with van der Waals surface area (Å²) in [6.07, 6.45) is 0.364. The van der Waals surface area contributed by atoms with Crippen LogP contribution >= 0.6 is 23.2 Å². The number of nitrogens with zero attached hydrogens (tertiary/aromatic N) is 1. The predicted octanol–water partition coefficient (Wildman–Crippen LogP) is 3.23. The Labute approximate surface area is 129 Å². The molecule has 0 atom stereocenters. The van der Waals surface area contributed by atoms with Gasteiger partial charge in [-0.3, -0.25) is 14.9 Å². The number of hydrogen-bond acceptors (Lipinski definition) is 3. The first-order valence-corrected chi connectivity index (χ1v) is 6.95. The molecule has 0 aliphatic carbocycles. The van der Waals surface area contributed by atoms with E-state index >= 15 is 0 Å². The first kappa shape index (κ1) is 17.6. The van der Waals surface area contributed by atoms with Crippen molar-refractivity contribution in [3.05, 3.63) is 39.4 Å². The number of halogens is 4. The summed E-state index contributed by atoms with van der Waals surface area (Å²) < 4.78 is 26.3. The van der Waals surface area contributed by atoms with Gasteiger partial charge in [-0.15, -0.1) is 23.2 Å². The molecule has 0 aromatic heterocycles. The molecule has 21 heavy (non-hydrogen) atoms. The summed E-state index contributed by atoms with van der Waals surface area (Å²) in [5.41, 5.74) is -2.41. The normalized spacial score (nSPS) is 11.3. The molecular weight excluding hydrogens is 329 g/mol. The second-order valence-electron chi connectivity index (χ2n) is 4.40. The zero-order valence-corrected chi connectivity index (χ0v) is 12.5. The maximum Gasteiger partial charge on any atom is 0.285 e. The molecule has 1 N–H and O–H groups in total. The third kappa shape index (κ3) is 3.79. The number of rotatable bonds is 6. The van der Waals surface area contributed by atoms with Crippen molar-refractivity contribution >= 4 is 34.8 Å². The summed E-state index contributed by atoms with van der Waals surface area (Å²) in [6, 6.07) is 0.838. The van der Waals surface area contributed by atoms with Gasteiger partial charge < -0.3 is 5.32 Å². The molecule has 1 aromatic carbocycles. The fourth-order valence-electron chi connectivity index (χ4n) is 1.56. The second kappa shape index (κ2) is 7.00. The van der Waals surface area contributed by atoms with Gasteiger partial charge in [0.05, 0.1) is 16.5 Å². The van der Waals surface area contributed by atoms with E-state index in [0.29, 0.717) is 18.6 Å². The van der Waals surface area contributed by atoms with Gasteiger partial charge in [0, 0.05) is 11.8 Å². The average molecular weight is 341 g/mol. The number of hydrogen-bond donors (Lipinski definition) is 1. The average Bonchev–Trinajstić information content (AvgIpc) is 2.46. The van der Waals surface area contributed by atoms with Crippen LogP contribution in [0.25, 0.3) is 0 Å². The quantitative estimate of drug-likeness (QED) is 0.491. The molecule has 1 aromatic rings. The molecule has 5 nitrogen and oxygen atoms in total. The van der Waals surface area contributed by atoms with Crippen LogP contribution in [0.4, 0.5) is 14.5 Å². The van der Waals surface area contributed by atoms with Crippen LogP contribution in [0, 0.1) is 21.7 Å². The predicted molar refractivity (Wildman–Crippen MR) is 74.9 cm³/mol. The minimum absolute atomic E-state index is 0.0315. The molecule has 1 amide bonds. The highest BCUT2D eigenvalue weighted by Gasteiger charge is 2.32. The molecule has 0 unspecified atom stereocenters. The molecule has 0 spiro atoms. The van der Waals surface area contributed by atoms with Gasteiger partial charge >= 0.3 is 0 Å². The lowest BCUT2D eigenvalue weighted by Crippen LogP contribution is -2.51.